The minimum Gasteiger partial charge on any atom is -0.314 e. The Labute approximate surface area is 129 Å². The van der Waals surface area contributed by atoms with E-state index in [2.05, 4.69) is 52.1 Å². The zero-order chi connectivity index (χ0) is 13.7. The van der Waals surface area contributed by atoms with E-state index >= 15 is 0 Å². The van der Waals surface area contributed by atoms with Crippen LogP contribution in [0.1, 0.15) is 38.0 Å². The first-order valence-electron chi connectivity index (χ1n) is 7.40. The van der Waals surface area contributed by atoms with E-state index in [1.807, 2.05) is 11.3 Å². The fourth-order valence-electron chi connectivity index (χ4n) is 2.83. The number of hydrogen-bond acceptors (Lipinski definition) is 3. The van der Waals surface area contributed by atoms with Crippen LogP contribution < -0.4 is 5.32 Å². The van der Waals surface area contributed by atoms with Crippen molar-refractivity contribution in [2.45, 2.75) is 51.6 Å². The van der Waals surface area contributed by atoms with Crippen LogP contribution in [-0.4, -0.2) is 36.6 Å². The molecule has 0 aromatic carbocycles. The smallest absolute Gasteiger partial charge is 0.0701 e. The third kappa shape index (κ3) is 4.85. The predicted molar refractivity (Wildman–Crippen MR) is 88.1 cm³/mol. The Morgan fingerprint density at radius 3 is 2.95 bits per heavy atom. The minimum atomic E-state index is 0.714. The van der Waals surface area contributed by atoms with Gasteiger partial charge in [-0.05, 0) is 73.8 Å². The molecule has 0 aliphatic carbocycles. The lowest BCUT2D eigenvalue weighted by atomic mass is 9.98. The Balaban J connectivity index is 1.73. The van der Waals surface area contributed by atoms with E-state index in [-0.39, 0.29) is 0 Å². The van der Waals surface area contributed by atoms with E-state index < -0.39 is 0 Å². The summed E-state index contributed by atoms with van der Waals surface area (Å²) in [4.78, 5) is 4.14. The van der Waals surface area contributed by atoms with Crippen molar-refractivity contribution in [3.05, 3.63) is 20.8 Å². The molecule has 2 heterocycles. The molecule has 2 atom stereocenters. The summed E-state index contributed by atoms with van der Waals surface area (Å²) in [5.74, 6) is 0. The lowest BCUT2D eigenvalue weighted by molar-refractivity contribution is 0.138. The topological polar surface area (TPSA) is 15.3 Å². The summed E-state index contributed by atoms with van der Waals surface area (Å²) in [5.41, 5.74) is 0. The van der Waals surface area contributed by atoms with E-state index in [4.69, 9.17) is 0 Å². The molecule has 2 nitrogen and oxygen atoms in total. The number of nitrogens with zero attached hydrogens (tertiary/aromatic N) is 1. The monoisotopic (exact) mass is 344 g/mol. The minimum absolute atomic E-state index is 0.714. The quantitative estimate of drug-likeness (QED) is 0.841. The molecule has 19 heavy (non-hydrogen) atoms. The van der Waals surface area contributed by atoms with E-state index in [1.54, 1.807) is 0 Å². The fraction of sp³-hybridized carbons (Fsp3) is 0.733. The van der Waals surface area contributed by atoms with Crippen LogP contribution in [-0.2, 0) is 6.42 Å². The van der Waals surface area contributed by atoms with Crippen LogP contribution >= 0.6 is 27.3 Å². The number of piperidine rings is 1. The summed E-state index contributed by atoms with van der Waals surface area (Å²) in [6, 6.07) is 5.85. The van der Waals surface area contributed by atoms with Crippen molar-refractivity contribution in [1.82, 2.24) is 10.2 Å². The Morgan fingerprint density at radius 2 is 2.32 bits per heavy atom. The zero-order valence-electron chi connectivity index (χ0n) is 12.0. The predicted octanol–water partition coefficient (Wildman–Crippen LogP) is 3.91. The van der Waals surface area contributed by atoms with Crippen LogP contribution in [0.15, 0.2) is 15.9 Å². The van der Waals surface area contributed by atoms with E-state index in [0.717, 1.165) is 6.04 Å². The van der Waals surface area contributed by atoms with Crippen molar-refractivity contribution in [2.75, 3.05) is 19.6 Å². The van der Waals surface area contributed by atoms with Gasteiger partial charge in [0.25, 0.3) is 0 Å². The lowest BCUT2D eigenvalue weighted by Crippen LogP contribution is -2.48. The maximum atomic E-state index is 3.67. The molecule has 0 bridgehead atoms. The van der Waals surface area contributed by atoms with Gasteiger partial charge in [0.15, 0.2) is 0 Å². The van der Waals surface area contributed by atoms with Gasteiger partial charge in [0.2, 0.25) is 0 Å². The average molecular weight is 345 g/mol. The van der Waals surface area contributed by atoms with Crippen molar-refractivity contribution in [3.63, 3.8) is 0 Å². The average Bonchev–Trinajstić information content (AvgIpc) is 2.81. The van der Waals surface area contributed by atoms with Crippen LogP contribution in [0, 0.1) is 0 Å². The van der Waals surface area contributed by atoms with Crippen LogP contribution in [0.5, 0.6) is 0 Å². The molecule has 1 aliphatic heterocycles. The summed E-state index contributed by atoms with van der Waals surface area (Å²) in [6.07, 6.45) is 5.03. The highest BCUT2D eigenvalue weighted by Gasteiger charge is 2.24. The Morgan fingerprint density at radius 1 is 1.47 bits per heavy atom. The molecule has 4 heteroatoms. The molecule has 1 aromatic heterocycles. The zero-order valence-corrected chi connectivity index (χ0v) is 14.4. The van der Waals surface area contributed by atoms with Gasteiger partial charge in [-0.2, -0.15) is 0 Å². The lowest BCUT2D eigenvalue weighted by Gasteiger charge is -2.38. The van der Waals surface area contributed by atoms with Gasteiger partial charge in [-0.25, -0.2) is 0 Å². The largest absolute Gasteiger partial charge is 0.314 e. The molecular weight excluding hydrogens is 320 g/mol. The first-order valence-corrected chi connectivity index (χ1v) is 9.01. The van der Waals surface area contributed by atoms with Crippen LogP contribution in [0.4, 0.5) is 0 Å². The molecule has 2 rings (SSSR count). The van der Waals surface area contributed by atoms with Crippen LogP contribution in [0.25, 0.3) is 0 Å². The van der Waals surface area contributed by atoms with E-state index in [9.17, 15) is 0 Å². The molecule has 108 valence electrons. The maximum Gasteiger partial charge on any atom is 0.0701 e. The van der Waals surface area contributed by atoms with Crippen molar-refractivity contribution in [1.29, 1.82) is 0 Å². The van der Waals surface area contributed by atoms with Gasteiger partial charge in [0, 0.05) is 23.5 Å². The third-order valence-electron chi connectivity index (χ3n) is 3.97. The molecule has 1 saturated heterocycles. The molecule has 1 fully saturated rings. The van der Waals surface area contributed by atoms with Crippen LogP contribution in [0.3, 0.4) is 0 Å². The molecule has 0 saturated carbocycles. The van der Waals surface area contributed by atoms with E-state index in [0.29, 0.717) is 6.04 Å². The molecule has 1 aromatic rings. The highest BCUT2D eigenvalue weighted by molar-refractivity contribution is 9.11. The number of likely N-dealkylation sites (tertiary alicyclic amines) is 1. The second-order valence-electron chi connectivity index (χ2n) is 5.52. The molecular formula is C15H25BrN2S. The van der Waals surface area contributed by atoms with E-state index in [1.165, 1.54) is 54.0 Å². The molecule has 0 spiro atoms. The summed E-state index contributed by atoms with van der Waals surface area (Å²) in [5, 5.41) is 3.67. The third-order valence-corrected chi connectivity index (χ3v) is 5.65. The SMILES string of the molecule is CCCNC1CCN(CCc2ccc(Br)s2)C(C)C1. The first kappa shape index (κ1) is 15.5. The highest BCUT2D eigenvalue weighted by Crippen LogP contribution is 2.24. The molecule has 1 N–H and O–H groups in total. The van der Waals surface area contributed by atoms with Gasteiger partial charge in [-0.3, -0.25) is 0 Å². The molecule has 0 radical (unpaired) electrons. The van der Waals surface area contributed by atoms with Gasteiger partial charge in [0.05, 0.1) is 3.79 Å². The summed E-state index contributed by atoms with van der Waals surface area (Å²) < 4.78 is 1.25. The first-order chi connectivity index (χ1) is 9.19. The van der Waals surface area contributed by atoms with Gasteiger partial charge in [-0.1, -0.05) is 6.92 Å². The Bertz CT molecular complexity index is 380. The second-order valence-corrected chi connectivity index (χ2v) is 8.06. The maximum absolute atomic E-state index is 3.67. The second kappa shape index (κ2) is 7.77. The van der Waals surface area contributed by atoms with Crippen molar-refractivity contribution in [2.24, 2.45) is 0 Å². The fourth-order valence-corrected chi connectivity index (χ4v) is 4.30. The van der Waals surface area contributed by atoms with Crippen LogP contribution in [0.2, 0.25) is 0 Å². The molecule has 0 amide bonds. The number of hydrogen-bond donors (Lipinski definition) is 1. The van der Waals surface area contributed by atoms with Gasteiger partial charge in [0.1, 0.15) is 0 Å². The molecule has 1 aliphatic rings. The standard InChI is InChI=1S/C15H25BrN2S/c1-3-8-17-13-6-9-18(12(2)11-13)10-7-14-4-5-15(16)19-14/h4-5,12-13,17H,3,6-11H2,1-2H3. The van der Waals surface area contributed by atoms with Gasteiger partial charge in [-0.15, -0.1) is 11.3 Å². The summed E-state index contributed by atoms with van der Waals surface area (Å²) in [7, 11) is 0. The Hall–Kier alpha value is 0.1000. The summed E-state index contributed by atoms with van der Waals surface area (Å²) in [6.45, 7) is 8.24. The summed E-state index contributed by atoms with van der Waals surface area (Å²) >= 11 is 5.41. The van der Waals surface area contributed by atoms with Gasteiger partial charge >= 0.3 is 0 Å². The number of rotatable bonds is 6. The number of halogens is 1. The highest BCUT2D eigenvalue weighted by atomic mass is 79.9. The number of thiophene rings is 1. The van der Waals surface area contributed by atoms with Crippen molar-refractivity contribution < 1.29 is 0 Å². The van der Waals surface area contributed by atoms with Gasteiger partial charge < -0.3 is 10.2 Å². The number of nitrogens with one attached hydrogen (secondary N) is 1. The van der Waals surface area contributed by atoms with Crippen molar-refractivity contribution in [3.8, 4) is 0 Å². The normalized spacial score (nSPS) is 24.8. The van der Waals surface area contributed by atoms with Crippen molar-refractivity contribution >= 4 is 27.3 Å². The Kier molecular flexibility index (Phi) is 6.33. The molecule has 2 unspecified atom stereocenters.